The standard InChI is InChI=1S/C20H31N3O2/c1-17-4-3-10-21(16-17)11-9-20(24)23-14-12-22(13-15-23)18-5-7-19(25-2)8-6-18/h5-8,17H,3-4,9-16H2,1-2H3/t17-/m1/s1. The van der Waals surface area contributed by atoms with Crippen LogP contribution in [0.25, 0.3) is 0 Å². The van der Waals surface area contributed by atoms with Crippen LogP contribution in [0.2, 0.25) is 0 Å². The van der Waals surface area contributed by atoms with Crippen LogP contribution in [-0.2, 0) is 4.79 Å². The Bertz CT molecular complexity index is 553. The number of ether oxygens (including phenoxy) is 1. The lowest BCUT2D eigenvalue weighted by Crippen LogP contribution is -2.49. The second kappa shape index (κ2) is 8.56. The molecule has 0 saturated carbocycles. The molecule has 5 heteroatoms. The third-order valence-electron chi connectivity index (χ3n) is 5.45. The number of anilines is 1. The molecule has 2 saturated heterocycles. The second-order valence-electron chi connectivity index (χ2n) is 7.36. The quantitative estimate of drug-likeness (QED) is 0.821. The highest BCUT2D eigenvalue weighted by Crippen LogP contribution is 2.21. The van der Waals surface area contributed by atoms with Crippen molar-refractivity contribution in [2.24, 2.45) is 5.92 Å². The van der Waals surface area contributed by atoms with Crippen LogP contribution in [0.5, 0.6) is 5.75 Å². The fraction of sp³-hybridized carbons (Fsp3) is 0.650. The summed E-state index contributed by atoms with van der Waals surface area (Å²) in [6.45, 7) is 8.98. The molecule has 1 aromatic carbocycles. The van der Waals surface area contributed by atoms with Gasteiger partial charge in [-0.3, -0.25) is 4.79 Å². The van der Waals surface area contributed by atoms with Crippen molar-refractivity contribution in [2.45, 2.75) is 26.2 Å². The molecule has 1 atom stereocenters. The Hall–Kier alpha value is -1.75. The Balaban J connectivity index is 1.42. The van der Waals surface area contributed by atoms with Crippen LogP contribution in [0, 0.1) is 5.92 Å². The summed E-state index contributed by atoms with van der Waals surface area (Å²) in [4.78, 5) is 19.3. The molecule has 0 bridgehead atoms. The highest BCUT2D eigenvalue weighted by molar-refractivity contribution is 5.76. The maximum absolute atomic E-state index is 12.5. The molecule has 5 nitrogen and oxygen atoms in total. The molecule has 0 radical (unpaired) electrons. The average Bonchev–Trinajstić information content (AvgIpc) is 2.66. The van der Waals surface area contributed by atoms with E-state index in [1.165, 1.54) is 18.5 Å². The number of nitrogens with zero attached hydrogens (tertiary/aromatic N) is 3. The third kappa shape index (κ3) is 4.88. The second-order valence-corrected chi connectivity index (χ2v) is 7.36. The Labute approximate surface area is 151 Å². The largest absolute Gasteiger partial charge is 0.497 e. The lowest BCUT2D eigenvalue weighted by molar-refractivity contribution is -0.131. The molecule has 2 aliphatic rings. The van der Waals surface area contributed by atoms with Gasteiger partial charge in [0.1, 0.15) is 5.75 Å². The Morgan fingerprint density at radius 2 is 1.84 bits per heavy atom. The van der Waals surface area contributed by atoms with Crippen LogP contribution < -0.4 is 9.64 Å². The normalized spacial score (nSPS) is 22.1. The summed E-state index contributed by atoms with van der Waals surface area (Å²) in [5.41, 5.74) is 1.20. The molecular weight excluding hydrogens is 314 g/mol. The first-order valence-corrected chi connectivity index (χ1v) is 9.55. The van der Waals surface area contributed by atoms with Crippen LogP contribution in [-0.4, -0.2) is 68.6 Å². The van der Waals surface area contributed by atoms with Gasteiger partial charge in [0, 0.05) is 51.4 Å². The molecule has 138 valence electrons. The van der Waals surface area contributed by atoms with Gasteiger partial charge in [0.25, 0.3) is 0 Å². The molecule has 0 spiro atoms. The van der Waals surface area contributed by atoms with Crippen molar-refractivity contribution in [1.82, 2.24) is 9.80 Å². The summed E-state index contributed by atoms with van der Waals surface area (Å²) in [6, 6.07) is 8.17. The van der Waals surface area contributed by atoms with E-state index in [-0.39, 0.29) is 0 Å². The van der Waals surface area contributed by atoms with Gasteiger partial charge in [0.15, 0.2) is 0 Å². The Morgan fingerprint density at radius 3 is 2.48 bits per heavy atom. The van der Waals surface area contributed by atoms with E-state index in [9.17, 15) is 4.79 Å². The monoisotopic (exact) mass is 345 g/mol. The van der Waals surface area contributed by atoms with Crippen LogP contribution in [0.3, 0.4) is 0 Å². The lowest BCUT2D eigenvalue weighted by atomic mass is 10.0. The van der Waals surface area contributed by atoms with E-state index in [0.717, 1.165) is 57.5 Å². The predicted octanol–water partition coefficient (Wildman–Crippen LogP) is 2.47. The molecule has 2 aliphatic heterocycles. The first-order chi connectivity index (χ1) is 12.2. The summed E-state index contributed by atoms with van der Waals surface area (Å²) in [5, 5.41) is 0. The minimum absolute atomic E-state index is 0.313. The fourth-order valence-corrected chi connectivity index (χ4v) is 3.91. The maximum Gasteiger partial charge on any atom is 0.223 e. The average molecular weight is 345 g/mol. The van der Waals surface area contributed by atoms with E-state index in [1.807, 2.05) is 17.0 Å². The molecule has 0 aromatic heterocycles. The van der Waals surface area contributed by atoms with Crippen molar-refractivity contribution in [3.63, 3.8) is 0 Å². The zero-order valence-corrected chi connectivity index (χ0v) is 15.6. The first-order valence-electron chi connectivity index (χ1n) is 9.55. The fourth-order valence-electron chi connectivity index (χ4n) is 3.91. The van der Waals surface area contributed by atoms with Crippen LogP contribution >= 0.6 is 0 Å². The molecule has 1 aromatic rings. The van der Waals surface area contributed by atoms with Crippen LogP contribution in [0.1, 0.15) is 26.2 Å². The number of hydrogen-bond acceptors (Lipinski definition) is 4. The van der Waals surface area contributed by atoms with Crippen molar-refractivity contribution >= 4 is 11.6 Å². The summed E-state index contributed by atoms with van der Waals surface area (Å²) in [7, 11) is 1.68. The van der Waals surface area contributed by atoms with Gasteiger partial charge >= 0.3 is 0 Å². The van der Waals surface area contributed by atoms with Gasteiger partial charge in [-0.2, -0.15) is 0 Å². The van der Waals surface area contributed by atoms with E-state index >= 15 is 0 Å². The summed E-state index contributed by atoms with van der Waals surface area (Å²) in [6.07, 6.45) is 3.27. The van der Waals surface area contributed by atoms with Gasteiger partial charge in [0.2, 0.25) is 5.91 Å². The molecule has 0 unspecified atom stereocenters. The number of rotatable bonds is 5. The highest BCUT2D eigenvalue weighted by Gasteiger charge is 2.23. The molecule has 25 heavy (non-hydrogen) atoms. The van der Waals surface area contributed by atoms with Crippen molar-refractivity contribution in [3.8, 4) is 5.75 Å². The van der Waals surface area contributed by atoms with Gasteiger partial charge < -0.3 is 19.4 Å². The van der Waals surface area contributed by atoms with E-state index in [0.29, 0.717) is 12.3 Å². The van der Waals surface area contributed by atoms with Crippen molar-refractivity contribution in [3.05, 3.63) is 24.3 Å². The Kier molecular flexibility index (Phi) is 6.19. The minimum Gasteiger partial charge on any atom is -0.497 e. The van der Waals surface area contributed by atoms with Gasteiger partial charge in [-0.25, -0.2) is 0 Å². The van der Waals surface area contributed by atoms with E-state index in [4.69, 9.17) is 4.74 Å². The lowest BCUT2D eigenvalue weighted by Gasteiger charge is -2.37. The number of carbonyl (C=O) groups excluding carboxylic acids is 1. The number of benzene rings is 1. The van der Waals surface area contributed by atoms with E-state index < -0.39 is 0 Å². The smallest absolute Gasteiger partial charge is 0.223 e. The topological polar surface area (TPSA) is 36.0 Å². The van der Waals surface area contributed by atoms with Crippen molar-refractivity contribution in [1.29, 1.82) is 0 Å². The van der Waals surface area contributed by atoms with E-state index in [1.54, 1.807) is 7.11 Å². The molecule has 2 heterocycles. The van der Waals surface area contributed by atoms with Gasteiger partial charge in [-0.05, 0) is 49.6 Å². The highest BCUT2D eigenvalue weighted by atomic mass is 16.5. The molecule has 0 N–H and O–H groups in total. The Morgan fingerprint density at radius 1 is 1.12 bits per heavy atom. The van der Waals surface area contributed by atoms with Crippen molar-refractivity contribution < 1.29 is 9.53 Å². The molecular formula is C20H31N3O2. The van der Waals surface area contributed by atoms with Crippen molar-refractivity contribution in [2.75, 3.05) is 57.8 Å². The maximum atomic E-state index is 12.5. The van der Waals surface area contributed by atoms with Gasteiger partial charge in [0.05, 0.1) is 7.11 Å². The zero-order chi connectivity index (χ0) is 17.6. The number of piperidine rings is 1. The number of likely N-dealkylation sites (tertiary alicyclic amines) is 1. The number of piperazine rings is 1. The summed E-state index contributed by atoms with van der Waals surface area (Å²) < 4.78 is 5.21. The third-order valence-corrected chi connectivity index (χ3v) is 5.45. The number of amides is 1. The SMILES string of the molecule is COc1ccc(N2CCN(C(=O)CCN3CCC[C@@H](C)C3)CC2)cc1. The minimum atomic E-state index is 0.313. The number of hydrogen-bond donors (Lipinski definition) is 0. The predicted molar refractivity (Wildman–Crippen MR) is 101 cm³/mol. The summed E-state index contributed by atoms with van der Waals surface area (Å²) in [5.74, 6) is 1.97. The first kappa shape index (κ1) is 18.1. The molecule has 3 rings (SSSR count). The van der Waals surface area contributed by atoms with E-state index in [2.05, 4.69) is 28.9 Å². The number of methoxy groups -OCH3 is 1. The molecule has 1 amide bonds. The zero-order valence-electron chi connectivity index (χ0n) is 15.6. The van der Waals surface area contributed by atoms with Crippen LogP contribution in [0.4, 0.5) is 5.69 Å². The van der Waals surface area contributed by atoms with Crippen LogP contribution in [0.15, 0.2) is 24.3 Å². The molecule has 0 aliphatic carbocycles. The number of carbonyl (C=O) groups is 1. The summed E-state index contributed by atoms with van der Waals surface area (Å²) >= 11 is 0. The van der Waals surface area contributed by atoms with Gasteiger partial charge in [-0.1, -0.05) is 6.92 Å². The van der Waals surface area contributed by atoms with Gasteiger partial charge in [-0.15, -0.1) is 0 Å². The molecule has 2 fully saturated rings.